The lowest BCUT2D eigenvalue weighted by Gasteiger charge is -2.20. The standard InChI is InChI=1S/C22H18N2O2S/c25-21-16-23(22(27)24(21)15-17-7-3-1-4-8-17)18-11-13-20(14-12-18)26-19-9-5-2-6-10-19/h1-14H,15-16H2. The van der Waals surface area contributed by atoms with Crippen LogP contribution in [0, 0.1) is 0 Å². The Labute approximate surface area is 163 Å². The van der Waals surface area contributed by atoms with Crippen LogP contribution in [0.25, 0.3) is 0 Å². The molecule has 1 fully saturated rings. The lowest BCUT2D eigenvalue weighted by Crippen LogP contribution is -2.32. The maximum atomic E-state index is 12.5. The van der Waals surface area contributed by atoms with Gasteiger partial charge in [-0.05, 0) is 54.2 Å². The van der Waals surface area contributed by atoms with E-state index in [4.69, 9.17) is 17.0 Å². The predicted molar refractivity (Wildman–Crippen MR) is 110 cm³/mol. The van der Waals surface area contributed by atoms with E-state index in [-0.39, 0.29) is 12.5 Å². The summed E-state index contributed by atoms with van der Waals surface area (Å²) in [5, 5.41) is 0.528. The Bertz CT molecular complexity index is 943. The van der Waals surface area contributed by atoms with E-state index in [9.17, 15) is 4.79 Å². The van der Waals surface area contributed by atoms with E-state index in [1.165, 1.54) is 0 Å². The molecule has 0 spiro atoms. The van der Waals surface area contributed by atoms with Crippen molar-refractivity contribution in [1.29, 1.82) is 0 Å². The summed E-state index contributed by atoms with van der Waals surface area (Å²) in [6.45, 7) is 0.745. The Hall–Kier alpha value is -3.18. The van der Waals surface area contributed by atoms with Crippen LogP contribution in [-0.4, -0.2) is 22.5 Å². The summed E-state index contributed by atoms with van der Waals surface area (Å²) >= 11 is 5.56. The Morgan fingerprint density at radius 1 is 0.815 bits per heavy atom. The number of nitrogens with zero attached hydrogens (tertiary/aromatic N) is 2. The number of carbonyl (C=O) groups excluding carboxylic acids is 1. The van der Waals surface area contributed by atoms with Crippen LogP contribution in [0.2, 0.25) is 0 Å². The summed E-state index contributed by atoms with van der Waals surface area (Å²) in [6, 6.07) is 27.1. The van der Waals surface area contributed by atoms with E-state index in [0.717, 1.165) is 22.7 Å². The number of hydrogen-bond acceptors (Lipinski definition) is 3. The number of hydrogen-bond donors (Lipinski definition) is 0. The van der Waals surface area contributed by atoms with E-state index in [1.807, 2.05) is 89.8 Å². The second-order valence-corrected chi connectivity index (χ2v) is 6.61. The van der Waals surface area contributed by atoms with Crippen LogP contribution in [0.1, 0.15) is 5.56 Å². The van der Waals surface area contributed by atoms with Gasteiger partial charge in [-0.15, -0.1) is 0 Å². The zero-order chi connectivity index (χ0) is 18.6. The molecule has 4 nitrogen and oxygen atoms in total. The number of thiocarbonyl (C=S) groups is 1. The molecule has 0 aliphatic carbocycles. The highest BCUT2D eigenvalue weighted by Gasteiger charge is 2.33. The molecule has 134 valence electrons. The number of amides is 1. The molecule has 1 saturated heterocycles. The monoisotopic (exact) mass is 374 g/mol. The number of ether oxygens (including phenoxy) is 1. The summed E-state index contributed by atoms with van der Waals surface area (Å²) in [5.41, 5.74) is 1.94. The van der Waals surface area contributed by atoms with Gasteiger partial charge in [-0.1, -0.05) is 48.5 Å². The van der Waals surface area contributed by atoms with Crippen LogP contribution in [-0.2, 0) is 11.3 Å². The highest BCUT2D eigenvalue weighted by atomic mass is 32.1. The van der Waals surface area contributed by atoms with Gasteiger partial charge in [0.05, 0.1) is 6.54 Å². The largest absolute Gasteiger partial charge is 0.457 e. The minimum atomic E-state index is 0.00784. The number of carbonyl (C=O) groups is 1. The molecule has 0 radical (unpaired) electrons. The molecule has 0 aromatic heterocycles. The van der Waals surface area contributed by atoms with Gasteiger partial charge in [-0.3, -0.25) is 9.69 Å². The second-order valence-electron chi connectivity index (χ2n) is 6.24. The predicted octanol–water partition coefficient (Wildman–Crippen LogP) is 4.61. The van der Waals surface area contributed by atoms with Crippen molar-refractivity contribution in [3.8, 4) is 11.5 Å². The number of benzene rings is 3. The first-order chi connectivity index (χ1) is 13.2. The number of anilines is 1. The van der Waals surface area contributed by atoms with Gasteiger partial charge in [0.15, 0.2) is 5.11 Å². The lowest BCUT2D eigenvalue weighted by molar-refractivity contribution is -0.124. The summed E-state index contributed by atoms with van der Waals surface area (Å²) in [7, 11) is 0. The molecule has 1 heterocycles. The Morgan fingerprint density at radius 2 is 1.41 bits per heavy atom. The van der Waals surface area contributed by atoms with Gasteiger partial charge in [-0.25, -0.2) is 0 Å². The molecule has 0 N–H and O–H groups in total. The highest BCUT2D eigenvalue weighted by molar-refractivity contribution is 7.80. The molecule has 0 unspecified atom stereocenters. The summed E-state index contributed by atoms with van der Waals surface area (Å²) in [5.74, 6) is 1.53. The van der Waals surface area contributed by atoms with Gasteiger partial charge in [0.2, 0.25) is 5.91 Å². The van der Waals surface area contributed by atoms with Crippen LogP contribution in [0.4, 0.5) is 5.69 Å². The van der Waals surface area contributed by atoms with Crippen molar-refractivity contribution in [2.45, 2.75) is 6.54 Å². The molecule has 1 aliphatic heterocycles. The van der Waals surface area contributed by atoms with Gasteiger partial charge in [0.1, 0.15) is 18.0 Å². The van der Waals surface area contributed by atoms with Crippen LogP contribution >= 0.6 is 12.2 Å². The second kappa shape index (κ2) is 7.60. The molecular formula is C22H18N2O2S. The van der Waals surface area contributed by atoms with E-state index >= 15 is 0 Å². The van der Waals surface area contributed by atoms with E-state index in [0.29, 0.717) is 11.7 Å². The molecule has 3 aromatic carbocycles. The van der Waals surface area contributed by atoms with Gasteiger partial charge in [-0.2, -0.15) is 0 Å². The molecule has 5 heteroatoms. The Balaban J connectivity index is 1.47. The lowest BCUT2D eigenvalue weighted by atomic mass is 10.2. The normalized spacial score (nSPS) is 13.9. The molecular weight excluding hydrogens is 356 g/mol. The van der Waals surface area contributed by atoms with Crippen molar-refractivity contribution < 1.29 is 9.53 Å². The Morgan fingerprint density at radius 3 is 2.07 bits per heavy atom. The van der Waals surface area contributed by atoms with Crippen LogP contribution in [0.15, 0.2) is 84.9 Å². The first kappa shape index (κ1) is 17.2. The average Bonchev–Trinajstić information content (AvgIpc) is 2.98. The number of rotatable bonds is 5. The third kappa shape index (κ3) is 3.83. The fourth-order valence-corrected chi connectivity index (χ4v) is 3.32. The molecule has 4 rings (SSSR count). The molecule has 0 atom stereocenters. The maximum Gasteiger partial charge on any atom is 0.249 e. The van der Waals surface area contributed by atoms with Gasteiger partial charge < -0.3 is 9.64 Å². The van der Waals surface area contributed by atoms with Crippen molar-refractivity contribution in [2.75, 3.05) is 11.4 Å². The van der Waals surface area contributed by atoms with Crippen molar-refractivity contribution in [1.82, 2.24) is 4.90 Å². The first-order valence-corrected chi connectivity index (χ1v) is 9.10. The molecule has 1 amide bonds. The third-order valence-corrected chi connectivity index (χ3v) is 4.81. The quantitative estimate of drug-likeness (QED) is 0.611. The van der Waals surface area contributed by atoms with Crippen LogP contribution in [0.3, 0.4) is 0 Å². The zero-order valence-electron chi connectivity index (χ0n) is 14.6. The molecule has 27 heavy (non-hydrogen) atoms. The van der Waals surface area contributed by atoms with E-state index in [2.05, 4.69) is 0 Å². The molecule has 0 saturated carbocycles. The van der Waals surface area contributed by atoms with Gasteiger partial charge >= 0.3 is 0 Å². The highest BCUT2D eigenvalue weighted by Crippen LogP contribution is 2.27. The van der Waals surface area contributed by atoms with Crippen molar-refractivity contribution in [2.24, 2.45) is 0 Å². The first-order valence-electron chi connectivity index (χ1n) is 8.69. The maximum absolute atomic E-state index is 12.5. The Kier molecular flexibility index (Phi) is 4.85. The van der Waals surface area contributed by atoms with Gasteiger partial charge in [0.25, 0.3) is 0 Å². The summed E-state index contributed by atoms with van der Waals surface area (Å²) in [4.78, 5) is 16.0. The van der Waals surface area contributed by atoms with Crippen LogP contribution in [0.5, 0.6) is 11.5 Å². The fraction of sp³-hybridized carbons (Fsp3) is 0.0909. The van der Waals surface area contributed by atoms with Crippen molar-refractivity contribution in [3.63, 3.8) is 0 Å². The number of para-hydroxylation sites is 1. The minimum absolute atomic E-state index is 0.00784. The third-order valence-electron chi connectivity index (χ3n) is 4.37. The van der Waals surface area contributed by atoms with E-state index in [1.54, 1.807) is 4.90 Å². The zero-order valence-corrected chi connectivity index (χ0v) is 15.4. The topological polar surface area (TPSA) is 32.8 Å². The molecule has 3 aromatic rings. The molecule has 0 bridgehead atoms. The van der Waals surface area contributed by atoms with Crippen LogP contribution < -0.4 is 9.64 Å². The van der Waals surface area contributed by atoms with E-state index < -0.39 is 0 Å². The minimum Gasteiger partial charge on any atom is -0.457 e. The summed E-state index contributed by atoms with van der Waals surface area (Å²) in [6.07, 6.45) is 0. The average molecular weight is 374 g/mol. The smallest absolute Gasteiger partial charge is 0.249 e. The summed E-state index contributed by atoms with van der Waals surface area (Å²) < 4.78 is 5.82. The van der Waals surface area contributed by atoms with Crippen molar-refractivity contribution >= 4 is 28.9 Å². The molecule has 1 aliphatic rings. The SMILES string of the molecule is O=C1CN(c2ccc(Oc3ccccc3)cc2)C(=S)N1Cc1ccccc1. The van der Waals surface area contributed by atoms with Gasteiger partial charge in [0, 0.05) is 5.69 Å². The van der Waals surface area contributed by atoms with Crippen molar-refractivity contribution in [3.05, 3.63) is 90.5 Å². The fourth-order valence-electron chi connectivity index (χ4n) is 2.98.